The number of nitrogens with zero attached hydrogens (tertiary/aromatic N) is 1. The highest BCUT2D eigenvalue weighted by Crippen LogP contribution is 2.18. The summed E-state index contributed by atoms with van der Waals surface area (Å²) >= 11 is 0. The van der Waals surface area contributed by atoms with Crippen molar-refractivity contribution in [2.24, 2.45) is 0 Å². The third-order valence-electron chi connectivity index (χ3n) is 3.14. The minimum absolute atomic E-state index is 0.534. The Kier molecular flexibility index (Phi) is 4.72. The van der Waals surface area contributed by atoms with E-state index >= 15 is 0 Å². The minimum atomic E-state index is -0.944. The van der Waals surface area contributed by atoms with Gasteiger partial charge in [-0.3, -0.25) is 4.98 Å². The highest BCUT2D eigenvalue weighted by molar-refractivity contribution is 5.81. The van der Waals surface area contributed by atoms with Crippen LogP contribution in [0.3, 0.4) is 0 Å². The average molecular weight is 258 g/mol. The number of carbonyl (C=O) groups is 1. The fourth-order valence-electron chi connectivity index (χ4n) is 2.19. The first-order chi connectivity index (χ1) is 9.27. The topological polar surface area (TPSA) is 62.2 Å². The molecule has 0 unspecified atom stereocenters. The van der Waals surface area contributed by atoms with Crippen molar-refractivity contribution in [1.29, 1.82) is 0 Å². The summed E-state index contributed by atoms with van der Waals surface area (Å²) in [6, 6.07) is 10.2. The molecular formula is C15H18N2O2. The molecule has 100 valence electrons. The molecule has 0 bridgehead atoms. The average Bonchev–Trinajstić information content (AvgIpc) is 2.42. The van der Waals surface area contributed by atoms with Gasteiger partial charge in [0.2, 0.25) is 0 Å². The van der Waals surface area contributed by atoms with Gasteiger partial charge in [-0.05, 0) is 37.0 Å². The Morgan fingerprint density at radius 2 is 2.00 bits per heavy atom. The Morgan fingerprint density at radius 3 is 2.84 bits per heavy atom. The summed E-state index contributed by atoms with van der Waals surface area (Å²) < 4.78 is 0. The molecule has 2 rings (SSSR count). The molecule has 2 N–H and O–H groups in total. The number of fused-ring (bicyclic) bond motifs is 1. The molecule has 4 heteroatoms. The molecule has 1 heterocycles. The molecule has 19 heavy (non-hydrogen) atoms. The minimum Gasteiger partial charge on any atom is -0.465 e. The molecule has 1 amide bonds. The van der Waals surface area contributed by atoms with E-state index in [9.17, 15) is 4.79 Å². The standard InChI is InChI=1S/C15H18N2O2/c18-15(19)17-10-5-1-2-6-12-9-11-16-14-8-4-3-7-13(12)14/h3-4,7-9,11,17H,1-2,5-6,10H2,(H,18,19). The first-order valence-electron chi connectivity index (χ1n) is 6.57. The number of unbranched alkanes of at least 4 members (excludes halogenated alkanes) is 2. The van der Waals surface area contributed by atoms with Crippen LogP contribution in [0.15, 0.2) is 36.5 Å². The summed E-state index contributed by atoms with van der Waals surface area (Å²) in [6.45, 7) is 0.534. The lowest BCUT2D eigenvalue weighted by molar-refractivity contribution is 0.194. The van der Waals surface area contributed by atoms with Crippen LogP contribution < -0.4 is 5.32 Å². The van der Waals surface area contributed by atoms with Crippen molar-refractivity contribution in [3.05, 3.63) is 42.1 Å². The number of amides is 1. The van der Waals surface area contributed by atoms with Crippen LogP contribution in [-0.4, -0.2) is 22.7 Å². The lowest BCUT2D eigenvalue weighted by Crippen LogP contribution is -2.21. The van der Waals surface area contributed by atoms with Crippen LogP contribution in [-0.2, 0) is 6.42 Å². The van der Waals surface area contributed by atoms with Gasteiger partial charge in [-0.25, -0.2) is 4.79 Å². The second kappa shape index (κ2) is 6.73. The van der Waals surface area contributed by atoms with Gasteiger partial charge in [0.15, 0.2) is 0 Å². The van der Waals surface area contributed by atoms with Crippen LogP contribution in [0.4, 0.5) is 4.79 Å². The molecule has 0 aliphatic carbocycles. The van der Waals surface area contributed by atoms with Gasteiger partial charge in [-0.2, -0.15) is 0 Å². The number of hydrogen-bond acceptors (Lipinski definition) is 2. The van der Waals surface area contributed by atoms with Gasteiger partial charge in [0.05, 0.1) is 5.52 Å². The van der Waals surface area contributed by atoms with Gasteiger partial charge < -0.3 is 10.4 Å². The third-order valence-corrected chi connectivity index (χ3v) is 3.14. The van der Waals surface area contributed by atoms with Crippen molar-refractivity contribution in [1.82, 2.24) is 10.3 Å². The van der Waals surface area contributed by atoms with E-state index in [2.05, 4.69) is 22.4 Å². The van der Waals surface area contributed by atoms with Crippen molar-refractivity contribution in [2.45, 2.75) is 25.7 Å². The molecule has 4 nitrogen and oxygen atoms in total. The molecule has 0 aliphatic heterocycles. The highest BCUT2D eigenvalue weighted by atomic mass is 16.4. The maximum absolute atomic E-state index is 10.3. The molecule has 0 spiro atoms. The predicted molar refractivity (Wildman–Crippen MR) is 75.3 cm³/mol. The van der Waals surface area contributed by atoms with Gasteiger partial charge in [-0.1, -0.05) is 24.6 Å². The van der Waals surface area contributed by atoms with Gasteiger partial charge in [0, 0.05) is 18.1 Å². The van der Waals surface area contributed by atoms with Gasteiger partial charge >= 0.3 is 6.09 Å². The third kappa shape index (κ3) is 3.95. The smallest absolute Gasteiger partial charge is 0.404 e. The first-order valence-corrected chi connectivity index (χ1v) is 6.57. The monoisotopic (exact) mass is 258 g/mol. The number of nitrogens with one attached hydrogen (secondary N) is 1. The zero-order valence-corrected chi connectivity index (χ0v) is 10.8. The van der Waals surface area contributed by atoms with Crippen molar-refractivity contribution in [2.75, 3.05) is 6.54 Å². The largest absolute Gasteiger partial charge is 0.465 e. The lowest BCUT2D eigenvalue weighted by atomic mass is 10.0. The van der Waals surface area contributed by atoms with Gasteiger partial charge in [0.25, 0.3) is 0 Å². The number of hydrogen-bond donors (Lipinski definition) is 2. The van der Waals surface area contributed by atoms with E-state index in [1.807, 2.05) is 24.4 Å². The van der Waals surface area contributed by atoms with Crippen LogP contribution in [0, 0.1) is 0 Å². The maximum Gasteiger partial charge on any atom is 0.404 e. The van der Waals surface area contributed by atoms with E-state index in [4.69, 9.17) is 5.11 Å². The summed E-state index contributed by atoms with van der Waals surface area (Å²) in [5.74, 6) is 0. The molecule has 0 aliphatic rings. The number of aromatic nitrogens is 1. The molecule has 2 aromatic rings. The summed E-state index contributed by atoms with van der Waals surface area (Å²) in [4.78, 5) is 14.6. The second-order valence-corrected chi connectivity index (χ2v) is 4.53. The summed E-state index contributed by atoms with van der Waals surface area (Å²) in [6.07, 6.45) is 4.89. The molecular weight excluding hydrogens is 240 g/mol. The Morgan fingerprint density at radius 1 is 1.16 bits per heavy atom. The number of aryl methyl sites for hydroxylation is 1. The number of para-hydroxylation sites is 1. The molecule has 0 saturated heterocycles. The molecule has 0 saturated carbocycles. The number of benzene rings is 1. The van der Waals surface area contributed by atoms with E-state index in [-0.39, 0.29) is 0 Å². The molecule has 0 radical (unpaired) electrons. The van der Waals surface area contributed by atoms with Gasteiger partial charge in [0.1, 0.15) is 0 Å². The Bertz CT molecular complexity index is 549. The SMILES string of the molecule is O=C(O)NCCCCCc1ccnc2ccccc12. The molecule has 1 aromatic heterocycles. The van der Waals surface area contributed by atoms with Crippen molar-refractivity contribution >= 4 is 17.0 Å². The number of carboxylic acid groups (broad SMARTS) is 1. The fraction of sp³-hybridized carbons (Fsp3) is 0.333. The molecule has 0 fully saturated rings. The predicted octanol–water partition coefficient (Wildman–Crippen LogP) is 3.22. The Balaban J connectivity index is 1.83. The van der Waals surface area contributed by atoms with Crippen LogP contribution in [0.25, 0.3) is 10.9 Å². The zero-order valence-electron chi connectivity index (χ0n) is 10.8. The fourth-order valence-corrected chi connectivity index (χ4v) is 2.19. The summed E-state index contributed by atoms with van der Waals surface area (Å²) in [7, 11) is 0. The normalized spacial score (nSPS) is 10.5. The van der Waals surface area contributed by atoms with Crippen LogP contribution in [0.1, 0.15) is 24.8 Å². The molecule has 1 aromatic carbocycles. The quantitative estimate of drug-likeness (QED) is 0.782. The van der Waals surface area contributed by atoms with Crippen molar-refractivity contribution in [3.63, 3.8) is 0 Å². The first kappa shape index (κ1) is 13.3. The number of pyridine rings is 1. The second-order valence-electron chi connectivity index (χ2n) is 4.53. The van der Waals surface area contributed by atoms with E-state index in [1.54, 1.807) is 0 Å². The van der Waals surface area contributed by atoms with Crippen molar-refractivity contribution < 1.29 is 9.90 Å². The van der Waals surface area contributed by atoms with E-state index < -0.39 is 6.09 Å². The van der Waals surface area contributed by atoms with Crippen LogP contribution in [0.5, 0.6) is 0 Å². The van der Waals surface area contributed by atoms with E-state index in [1.165, 1.54) is 10.9 Å². The summed E-state index contributed by atoms with van der Waals surface area (Å²) in [5.41, 5.74) is 2.35. The lowest BCUT2D eigenvalue weighted by Gasteiger charge is -2.06. The van der Waals surface area contributed by atoms with Crippen LogP contribution in [0.2, 0.25) is 0 Å². The highest BCUT2D eigenvalue weighted by Gasteiger charge is 2.01. The van der Waals surface area contributed by atoms with Crippen molar-refractivity contribution in [3.8, 4) is 0 Å². The number of rotatable bonds is 6. The van der Waals surface area contributed by atoms with E-state index in [0.717, 1.165) is 31.2 Å². The van der Waals surface area contributed by atoms with E-state index in [0.29, 0.717) is 6.54 Å². The zero-order chi connectivity index (χ0) is 13.5. The molecule has 0 atom stereocenters. The van der Waals surface area contributed by atoms with Crippen LogP contribution >= 0.6 is 0 Å². The maximum atomic E-state index is 10.3. The Hall–Kier alpha value is -2.10. The van der Waals surface area contributed by atoms with Gasteiger partial charge in [-0.15, -0.1) is 0 Å². The Labute approximate surface area is 112 Å². The summed E-state index contributed by atoms with van der Waals surface area (Å²) in [5, 5.41) is 12.0.